The number of nitrogens with one attached hydrogen (secondary N) is 1. The third-order valence-electron chi connectivity index (χ3n) is 5.38. The van der Waals surface area contributed by atoms with Gasteiger partial charge in [-0.2, -0.15) is 13.2 Å². The molecule has 0 bridgehead atoms. The molecule has 3 nitrogen and oxygen atoms in total. The largest absolute Gasteiger partial charge is 0.493 e. The topological polar surface area (TPSA) is 38.3 Å². The molecule has 0 unspecified atom stereocenters. The molecule has 1 fully saturated rings. The van der Waals surface area contributed by atoms with Gasteiger partial charge in [-0.25, -0.2) is 4.39 Å². The van der Waals surface area contributed by atoms with Crippen LogP contribution in [0, 0.1) is 5.82 Å². The van der Waals surface area contributed by atoms with Crippen LogP contribution in [0.1, 0.15) is 50.2 Å². The van der Waals surface area contributed by atoms with Crippen molar-refractivity contribution in [1.82, 2.24) is 0 Å². The summed E-state index contributed by atoms with van der Waals surface area (Å²) in [6.45, 7) is 1.70. The number of hydrogen-bond donors (Lipinski definition) is 1. The maximum Gasteiger partial charge on any atom is 0.420 e. The first-order chi connectivity index (χ1) is 13.8. The Hall–Kier alpha value is -2.57. The van der Waals surface area contributed by atoms with E-state index in [4.69, 9.17) is 4.74 Å². The predicted octanol–water partition coefficient (Wildman–Crippen LogP) is 6.08. The molecule has 29 heavy (non-hydrogen) atoms. The van der Waals surface area contributed by atoms with Crippen LogP contribution in [0.5, 0.6) is 5.75 Å². The molecule has 3 rings (SSSR count). The Bertz CT molecular complexity index is 856. The standard InChI is InChI=1S/C22H23F4NO2/c1-2-29-19-11-10-17(14-18(19)22(24,25)26)27-20(28)21(12-4-3-5-13-21)15-6-8-16(23)9-7-15/h6-11,14H,2-5,12-13H2,1H3,(H,27,28). The molecule has 0 spiro atoms. The molecule has 156 valence electrons. The van der Waals surface area contributed by atoms with E-state index in [0.29, 0.717) is 18.4 Å². The van der Waals surface area contributed by atoms with Crippen molar-refractivity contribution in [3.05, 3.63) is 59.4 Å². The number of amides is 1. The average Bonchev–Trinajstić information content (AvgIpc) is 2.69. The summed E-state index contributed by atoms with van der Waals surface area (Å²) in [5.41, 5.74) is -1.09. The second-order valence-electron chi connectivity index (χ2n) is 7.25. The molecule has 0 heterocycles. The molecule has 0 aliphatic heterocycles. The van der Waals surface area contributed by atoms with Crippen molar-refractivity contribution in [3.63, 3.8) is 0 Å². The Labute approximate surface area is 167 Å². The van der Waals surface area contributed by atoms with Gasteiger partial charge in [-0.15, -0.1) is 0 Å². The number of ether oxygens (including phenoxy) is 1. The van der Waals surface area contributed by atoms with Crippen LogP contribution in [0.3, 0.4) is 0 Å². The minimum atomic E-state index is -4.61. The quantitative estimate of drug-likeness (QED) is 0.608. The summed E-state index contributed by atoms with van der Waals surface area (Å²) in [5, 5.41) is 2.66. The summed E-state index contributed by atoms with van der Waals surface area (Å²) in [6.07, 6.45) is -0.854. The van der Waals surface area contributed by atoms with Crippen molar-refractivity contribution in [2.24, 2.45) is 0 Å². The molecule has 7 heteroatoms. The fourth-order valence-electron chi connectivity index (χ4n) is 3.93. The van der Waals surface area contributed by atoms with E-state index in [0.717, 1.165) is 25.3 Å². The zero-order chi connectivity index (χ0) is 21.1. The highest BCUT2D eigenvalue weighted by Crippen LogP contribution is 2.42. The van der Waals surface area contributed by atoms with Crippen LogP contribution in [0.15, 0.2) is 42.5 Å². The van der Waals surface area contributed by atoms with Crippen molar-refractivity contribution in [2.75, 3.05) is 11.9 Å². The third kappa shape index (κ3) is 4.54. The van der Waals surface area contributed by atoms with E-state index in [9.17, 15) is 22.4 Å². The predicted molar refractivity (Wildman–Crippen MR) is 102 cm³/mol. The zero-order valence-corrected chi connectivity index (χ0v) is 16.1. The van der Waals surface area contributed by atoms with E-state index in [1.54, 1.807) is 19.1 Å². The summed E-state index contributed by atoms with van der Waals surface area (Å²) in [4.78, 5) is 13.2. The van der Waals surface area contributed by atoms with E-state index < -0.39 is 23.0 Å². The second kappa shape index (κ2) is 8.43. The molecule has 0 radical (unpaired) electrons. The summed E-state index contributed by atoms with van der Waals surface area (Å²) in [7, 11) is 0. The Morgan fingerprint density at radius 3 is 2.31 bits per heavy atom. The Balaban J connectivity index is 1.93. The van der Waals surface area contributed by atoms with Crippen molar-refractivity contribution < 1.29 is 27.1 Å². The number of halogens is 4. The zero-order valence-electron chi connectivity index (χ0n) is 16.1. The normalized spacial score (nSPS) is 16.3. The van der Waals surface area contributed by atoms with Crippen LogP contribution in [0.2, 0.25) is 0 Å². The molecular weight excluding hydrogens is 386 g/mol. The highest BCUT2D eigenvalue weighted by atomic mass is 19.4. The minimum Gasteiger partial charge on any atom is -0.493 e. The monoisotopic (exact) mass is 409 g/mol. The first-order valence-electron chi connectivity index (χ1n) is 9.68. The van der Waals surface area contributed by atoms with Gasteiger partial charge < -0.3 is 10.1 Å². The molecule has 1 amide bonds. The molecular formula is C22H23F4NO2. The van der Waals surface area contributed by atoms with Crippen LogP contribution in [0.4, 0.5) is 23.2 Å². The second-order valence-corrected chi connectivity index (χ2v) is 7.25. The van der Waals surface area contributed by atoms with Gasteiger partial charge >= 0.3 is 6.18 Å². The molecule has 1 saturated carbocycles. The van der Waals surface area contributed by atoms with Crippen molar-refractivity contribution in [1.29, 1.82) is 0 Å². The number of carbonyl (C=O) groups is 1. The first kappa shape index (κ1) is 21.1. The summed E-state index contributed by atoms with van der Waals surface area (Å²) >= 11 is 0. The van der Waals surface area contributed by atoms with Gasteiger partial charge in [0.25, 0.3) is 0 Å². The van der Waals surface area contributed by atoms with Crippen LogP contribution in [0.25, 0.3) is 0 Å². The Morgan fingerprint density at radius 1 is 1.07 bits per heavy atom. The Kier molecular flexibility index (Phi) is 6.15. The van der Waals surface area contributed by atoms with E-state index in [2.05, 4.69) is 5.32 Å². The van der Waals surface area contributed by atoms with Crippen molar-refractivity contribution in [2.45, 2.75) is 50.6 Å². The number of carbonyl (C=O) groups excluding carboxylic acids is 1. The SMILES string of the molecule is CCOc1ccc(NC(=O)C2(c3ccc(F)cc3)CCCCC2)cc1C(F)(F)F. The molecule has 2 aromatic carbocycles. The lowest BCUT2D eigenvalue weighted by atomic mass is 9.68. The Morgan fingerprint density at radius 2 is 1.72 bits per heavy atom. The van der Waals surface area contributed by atoms with Gasteiger partial charge in [-0.3, -0.25) is 4.79 Å². The first-order valence-corrected chi connectivity index (χ1v) is 9.68. The molecule has 1 N–H and O–H groups in total. The fraction of sp³-hybridized carbons (Fsp3) is 0.409. The highest BCUT2D eigenvalue weighted by molar-refractivity contribution is 5.99. The lowest BCUT2D eigenvalue weighted by Gasteiger charge is -2.36. The summed E-state index contributed by atoms with van der Waals surface area (Å²) < 4.78 is 58.6. The number of rotatable bonds is 5. The average molecular weight is 409 g/mol. The van der Waals surface area contributed by atoms with Crippen LogP contribution < -0.4 is 10.1 Å². The van der Waals surface area contributed by atoms with Crippen LogP contribution >= 0.6 is 0 Å². The van der Waals surface area contributed by atoms with E-state index in [-0.39, 0.29) is 24.0 Å². The lowest BCUT2D eigenvalue weighted by molar-refractivity contribution is -0.139. The van der Waals surface area contributed by atoms with E-state index >= 15 is 0 Å². The maximum atomic E-state index is 13.4. The highest BCUT2D eigenvalue weighted by Gasteiger charge is 2.41. The van der Waals surface area contributed by atoms with Crippen LogP contribution in [-0.4, -0.2) is 12.5 Å². The summed E-state index contributed by atoms with van der Waals surface area (Å²) in [5.74, 6) is -1.05. The van der Waals surface area contributed by atoms with Crippen molar-refractivity contribution >= 4 is 11.6 Å². The maximum absolute atomic E-state index is 13.4. The molecule has 1 aliphatic carbocycles. The van der Waals surface area contributed by atoms with Gasteiger partial charge in [0.1, 0.15) is 11.6 Å². The van der Waals surface area contributed by atoms with Gasteiger partial charge in [-0.05, 0) is 55.7 Å². The lowest BCUT2D eigenvalue weighted by Crippen LogP contribution is -2.42. The van der Waals surface area contributed by atoms with E-state index in [1.165, 1.54) is 24.3 Å². The number of anilines is 1. The minimum absolute atomic E-state index is 0.0536. The molecule has 2 aromatic rings. The van der Waals surface area contributed by atoms with Crippen molar-refractivity contribution in [3.8, 4) is 5.75 Å². The molecule has 0 atom stereocenters. The fourth-order valence-corrected chi connectivity index (χ4v) is 3.93. The molecule has 0 saturated heterocycles. The van der Waals surface area contributed by atoms with Gasteiger partial charge in [-0.1, -0.05) is 31.4 Å². The number of hydrogen-bond acceptors (Lipinski definition) is 2. The number of alkyl halides is 3. The smallest absolute Gasteiger partial charge is 0.420 e. The molecule has 0 aromatic heterocycles. The number of benzene rings is 2. The van der Waals surface area contributed by atoms with Gasteiger partial charge in [0.15, 0.2) is 0 Å². The molecule has 1 aliphatic rings. The summed E-state index contributed by atoms with van der Waals surface area (Å²) in [6, 6.07) is 9.28. The third-order valence-corrected chi connectivity index (χ3v) is 5.38. The van der Waals surface area contributed by atoms with E-state index in [1.807, 2.05) is 0 Å². The van der Waals surface area contributed by atoms with Crippen LogP contribution in [-0.2, 0) is 16.4 Å². The van der Waals surface area contributed by atoms with Gasteiger partial charge in [0.05, 0.1) is 17.6 Å². The van der Waals surface area contributed by atoms with Gasteiger partial charge in [0, 0.05) is 5.69 Å². The van der Waals surface area contributed by atoms with Gasteiger partial charge in [0.2, 0.25) is 5.91 Å².